The number of carbonyl (C=O) groups is 1. The van der Waals surface area contributed by atoms with Gasteiger partial charge in [-0.2, -0.15) is 4.98 Å². The Hall–Kier alpha value is -2.75. The summed E-state index contributed by atoms with van der Waals surface area (Å²) in [5.74, 6) is 0.263. The number of hydrogen-bond donors (Lipinski definition) is 4. The van der Waals surface area contributed by atoms with Gasteiger partial charge >= 0.3 is 11.7 Å². The molecule has 5 rings (SSSR count). The second-order valence-electron chi connectivity index (χ2n) is 9.47. The number of piperazine rings is 1. The molecule has 0 atom stereocenters. The van der Waals surface area contributed by atoms with Crippen LogP contribution in [0.5, 0.6) is 0 Å². The predicted molar refractivity (Wildman–Crippen MR) is 123 cm³/mol. The van der Waals surface area contributed by atoms with Gasteiger partial charge in [0.1, 0.15) is 5.82 Å². The summed E-state index contributed by atoms with van der Waals surface area (Å²) >= 11 is 0. The fraction of sp³-hybridized carbons (Fsp3) is 0.522. The van der Waals surface area contributed by atoms with E-state index in [0.717, 1.165) is 57.4 Å². The number of amides is 2. The minimum atomic E-state index is -0.427. The van der Waals surface area contributed by atoms with Crippen LogP contribution in [0.2, 0.25) is 0 Å². The fourth-order valence-corrected chi connectivity index (χ4v) is 5.28. The lowest BCUT2D eigenvalue weighted by molar-refractivity contribution is 0.204. The maximum atomic E-state index is 12.6. The van der Waals surface area contributed by atoms with Gasteiger partial charge in [0.05, 0.1) is 5.69 Å². The van der Waals surface area contributed by atoms with Crippen LogP contribution in [-0.2, 0) is 6.54 Å². The van der Waals surface area contributed by atoms with Crippen LogP contribution in [0.4, 0.5) is 10.6 Å². The number of hydrogen-bond acceptors (Lipinski definition) is 6. The van der Waals surface area contributed by atoms with Crippen LogP contribution >= 0.6 is 0 Å². The second-order valence-corrected chi connectivity index (χ2v) is 9.47. The molecule has 1 aromatic heterocycles. The molecule has 32 heavy (non-hydrogen) atoms. The lowest BCUT2D eigenvalue weighted by atomic mass is 9.91. The molecule has 3 aliphatic rings. The van der Waals surface area contributed by atoms with Crippen molar-refractivity contribution in [3.05, 3.63) is 52.6 Å². The Labute approximate surface area is 187 Å². The number of nitrogens with two attached hydrogens (primary N) is 1. The van der Waals surface area contributed by atoms with Crippen molar-refractivity contribution < 1.29 is 4.79 Å². The van der Waals surface area contributed by atoms with Crippen LogP contribution < -0.4 is 27.4 Å². The van der Waals surface area contributed by atoms with Crippen molar-refractivity contribution in [2.24, 2.45) is 5.73 Å². The van der Waals surface area contributed by atoms with Gasteiger partial charge in [0.25, 0.3) is 0 Å². The van der Waals surface area contributed by atoms with Gasteiger partial charge in [0, 0.05) is 50.0 Å². The number of nitrogens with one attached hydrogen (secondary N) is 3. The third-order valence-electron chi connectivity index (χ3n) is 7.22. The van der Waals surface area contributed by atoms with Gasteiger partial charge in [-0.25, -0.2) is 9.59 Å². The van der Waals surface area contributed by atoms with Crippen LogP contribution in [0.1, 0.15) is 37.7 Å². The Balaban J connectivity index is 1.21. The Bertz CT molecular complexity index is 1040. The van der Waals surface area contributed by atoms with E-state index in [1.54, 1.807) is 17.2 Å². The average Bonchev–Trinajstić information content (AvgIpc) is 3.33. The van der Waals surface area contributed by atoms with Crippen molar-refractivity contribution in [1.29, 1.82) is 0 Å². The topological polar surface area (TPSA) is 117 Å². The zero-order valence-corrected chi connectivity index (χ0v) is 18.3. The minimum Gasteiger partial charge on any atom is -0.325 e. The smallest absolute Gasteiger partial charge is 0.325 e. The molecular weight excluding hydrogens is 406 g/mol. The molecule has 2 bridgehead atoms. The highest BCUT2D eigenvalue weighted by Crippen LogP contribution is 2.49. The molecule has 9 heteroatoms. The lowest BCUT2D eigenvalue weighted by Crippen LogP contribution is -2.48. The normalized spacial score (nSPS) is 27.0. The van der Waals surface area contributed by atoms with Crippen molar-refractivity contribution in [2.75, 3.05) is 31.5 Å². The molecule has 0 spiro atoms. The first-order valence-electron chi connectivity index (χ1n) is 11.4. The van der Waals surface area contributed by atoms with Gasteiger partial charge in [-0.3, -0.25) is 9.88 Å². The third-order valence-corrected chi connectivity index (χ3v) is 7.22. The van der Waals surface area contributed by atoms with Gasteiger partial charge in [0.2, 0.25) is 0 Å². The summed E-state index contributed by atoms with van der Waals surface area (Å²) in [5.41, 5.74) is 8.15. The molecule has 1 aromatic carbocycles. The fourth-order valence-electron chi connectivity index (χ4n) is 5.28. The van der Waals surface area contributed by atoms with Crippen LogP contribution in [0.3, 0.4) is 0 Å². The molecule has 3 fully saturated rings. The molecule has 2 heterocycles. The van der Waals surface area contributed by atoms with E-state index in [4.69, 9.17) is 5.73 Å². The molecule has 9 nitrogen and oxygen atoms in total. The van der Waals surface area contributed by atoms with Crippen molar-refractivity contribution in [3.63, 3.8) is 0 Å². The maximum absolute atomic E-state index is 12.6. The summed E-state index contributed by atoms with van der Waals surface area (Å²) < 4.78 is 1.48. The number of carbonyl (C=O) groups excluding carboxylic acids is 1. The highest BCUT2D eigenvalue weighted by molar-refractivity contribution is 5.88. The number of urea groups is 1. The molecule has 5 N–H and O–H groups in total. The van der Waals surface area contributed by atoms with E-state index in [9.17, 15) is 9.59 Å². The van der Waals surface area contributed by atoms with E-state index < -0.39 is 5.69 Å². The van der Waals surface area contributed by atoms with E-state index in [1.165, 1.54) is 10.1 Å². The zero-order chi connectivity index (χ0) is 22.2. The first-order chi connectivity index (χ1) is 15.4. The van der Waals surface area contributed by atoms with E-state index in [2.05, 4.69) is 20.9 Å². The Morgan fingerprint density at radius 3 is 2.44 bits per heavy atom. The standard InChI is InChI=1S/C23H31N7O2/c24-22-6-8-23(16-22,9-7-22)26-15-17-1-3-18(4-2-17)30-12-5-19(28-21(30)32)27-20(31)29-13-10-25-11-14-29/h1-5,12,25-26H,6-11,13-16,24H2,(H,27,28,31,32). The third kappa shape index (κ3) is 4.28. The zero-order valence-electron chi connectivity index (χ0n) is 18.3. The van der Waals surface area contributed by atoms with Crippen molar-refractivity contribution in [1.82, 2.24) is 25.1 Å². The summed E-state index contributed by atoms with van der Waals surface area (Å²) in [6.07, 6.45) is 7.24. The van der Waals surface area contributed by atoms with Crippen LogP contribution in [0, 0.1) is 0 Å². The van der Waals surface area contributed by atoms with Crippen molar-refractivity contribution in [3.8, 4) is 5.69 Å². The average molecular weight is 438 g/mol. The molecule has 2 amide bonds. The number of aromatic nitrogens is 2. The number of benzene rings is 1. The molecule has 2 saturated carbocycles. The summed E-state index contributed by atoms with van der Waals surface area (Å²) in [6.45, 7) is 3.60. The Kier molecular flexibility index (Phi) is 5.48. The highest BCUT2D eigenvalue weighted by Gasteiger charge is 2.51. The van der Waals surface area contributed by atoms with Gasteiger partial charge in [-0.15, -0.1) is 0 Å². The number of rotatable bonds is 5. The highest BCUT2D eigenvalue weighted by atomic mass is 16.2. The minimum absolute atomic E-state index is 0.0433. The summed E-state index contributed by atoms with van der Waals surface area (Å²) in [5, 5.41) is 9.66. The number of fused-ring (bicyclic) bond motifs is 2. The summed E-state index contributed by atoms with van der Waals surface area (Å²) in [4.78, 5) is 30.6. The van der Waals surface area contributed by atoms with Crippen LogP contribution in [-0.4, -0.2) is 57.7 Å². The molecule has 1 aliphatic heterocycles. The van der Waals surface area contributed by atoms with Crippen LogP contribution in [0.15, 0.2) is 41.3 Å². The molecule has 2 aromatic rings. The molecule has 170 valence electrons. The maximum Gasteiger partial charge on any atom is 0.354 e. The quantitative estimate of drug-likeness (QED) is 0.558. The molecule has 0 unspecified atom stereocenters. The molecule has 1 saturated heterocycles. The summed E-state index contributed by atoms with van der Waals surface area (Å²) in [6, 6.07) is 9.33. The van der Waals surface area contributed by atoms with Crippen LogP contribution in [0.25, 0.3) is 5.69 Å². The number of nitrogens with zero attached hydrogens (tertiary/aromatic N) is 3. The molecule has 0 radical (unpaired) electrons. The Morgan fingerprint density at radius 2 is 1.81 bits per heavy atom. The van der Waals surface area contributed by atoms with Crippen molar-refractivity contribution in [2.45, 2.75) is 49.7 Å². The first kappa shape index (κ1) is 21.1. The van der Waals surface area contributed by atoms with E-state index >= 15 is 0 Å². The van der Waals surface area contributed by atoms with Gasteiger partial charge in [-0.05, 0) is 55.9 Å². The van der Waals surface area contributed by atoms with E-state index in [1.807, 2.05) is 24.3 Å². The first-order valence-corrected chi connectivity index (χ1v) is 11.4. The van der Waals surface area contributed by atoms with Crippen molar-refractivity contribution >= 4 is 11.8 Å². The SMILES string of the molecule is NC12CCC(NCc3ccc(-n4ccc(NC(=O)N5CCNCC5)nc4=O)cc3)(CC1)C2. The molecular formula is C23H31N7O2. The summed E-state index contributed by atoms with van der Waals surface area (Å²) in [7, 11) is 0. The monoisotopic (exact) mass is 437 g/mol. The van der Waals surface area contributed by atoms with E-state index in [-0.39, 0.29) is 22.9 Å². The van der Waals surface area contributed by atoms with E-state index in [0.29, 0.717) is 13.1 Å². The van der Waals surface area contributed by atoms with Gasteiger partial charge in [-0.1, -0.05) is 12.1 Å². The Morgan fingerprint density at radius 1 is 1.09 bits per heavy atom. The van der Waals surface area contributed by atoms with Gasteiger partial charge in [0.15, 0.2) is 0 Å². The molecule has 2 aliphatic carbocycles. The number of anilines is 1. The predicted octanol–water partition coefficient (Wildman–Crippen LogP) is 1.17. The largest absolute Gasteiger partial charge is 0.354 e. The van der Waals surface area contributed by atoms with Gasteiger partial charge < -0.3 is 21.3 Å². The lowest BCUT2D eigenvalue weighted by Gasteiger charge is -2.28. The second kappa shape index (κ2) is 8.31.